The Balaban J connectivity index is 1.06. The van der Waals surface area contributed by atoms with Gasteiger partial charge in [-0.1, -0.05) is 141 Å². The van der Waals surface area contributed by atoms with Gasteiger partial charge in [-0.05, 0) is 112 Å². The predicted molar refractivity (Wildman–Crippen MR) is 218 cm³/mol. The first-order valence-electron chi connectivity index (χ1n) is 17.5. The van der Waals surface area contributed by atoms with Gasteiger partial charge in [-0.25, -0.2) is 0 Å². The Labute approximate surface area is 294 Å². The summed E-state index contributed by atoms with van der Waals surface area (Å²) >= 11 is 1.95. The zero-order valence-corrected chi connectivity index (χ0v) is 28.7. The van der Waals surface area contributed by atoms with Crippen LogP contribution < -0.4 is 0 Å². The summed E-state index contributed by atoms with van der Waals surface area (Å²) in [5, 5.41) is 13.2. The lowest BCUT2D eigenvalue weighted by Crippen LogP contribution is -2.15. The first-order valence-corrected chi connectivity index (χ1v) is 18.3. The summed E-state index contributed by atoms with van der Waals surface area (Å²) in [6, 6.07) is 59.0. The second-order valence-electron chi connectivity index (χ2n) is 14.5. The molecule has 0 fully saturated rings. The molecule has 0 amide bonds. The Morgan fingerprint density at radius 3 is 1.72 bits per heavy atom. The number of thiophene rings is 1. The molecule has 0 unspecified atom stereocenters. The molecule has 1 heterocycles. The first-order chi connectivity index (χ1) is 24.5. The van der Waals surface area contributed by atoms with Crippen LogP contribution in [0.4, 0.5) is 0 Å². The maximum absolute atomic E-state index is 2.47. The van der Waals surface area contributed by atoms with Crippen LogP contribution in [0.3, 0.4) is 0 Å². The smallest absolute Gasteiger partial charge is 0.0443 e. The van der Waals surface area contributed by atoms with E-state index in [0.29, 0.717) is 0 Å². The SMILES string of the molecule is CC1(C)c2cc(-c3ccc4cc(-c5c6ccccc6cc6ccccc56)ccc4c3)ccc2-c2c1c1ccccc1c1c2sc2ccccc21. The first kappa shape index (κ1) is 28.1. The Bertz CT molecular complexity index is 3010. The summed E-state index contributed by atoms with van der Waals surface area (Å²) in [5.74, 6) is 0. The van der Waals surface area contributed by atoms with E-state index in [1.54, 1.807) is 0 Å². The molecular weight excluding hydrogens is 621 g/mol. The molecule has 11 rings (SSSR count). The van der Waals surface area contributed by atoms with Crippen LogP contribution in [-0.2, 0) is 5.41 Å². The van der Waals surface area contributed by atoms with E-state index < -0.39 is 0 Å². The number of fused-ring (bicyclic) bond motifs is 13. The molecule has 234 valence electrons. The lowest BCUT2D eigenvalue weighted by atomic mass is 9.79. The van der Waals surface area contributed by atoms with E-state index in [9.17, 15) is 0 Å². The highest BCUT2D eigenvalue weighted by Gasteiger charge is 2.39. The molecule has 0 radical (unpaired) electrons. The number of benzene rings is 9. The predicted octanol–water partition coefficient (Wildman–Crippen LogP) is 14.3. The minimum atomic E-state index is -0.127. The standard InChI is InChI=1S/C49H32S/c1-49(2)42-28-32(23-24-40(42)46-47(49)39-16-8-7-15-38(39)45-41-17-9-10-18-43(41)50-48(45)46)30-19-20-31-26-35(22-21-29(31)25-30)44-36-13-5-3-11-33(36)27-34-12-4-6-14-37(34)44/h3-28H,1-2H3. The molecule has 0 bridgehead atoms. The van der Waals surface area contributed by atoms with Crippen molar-refractivity contribution in [2.24, 2.45) is 0 Å². The van der Waals surface area contributed by atoms with E-state index in [4.69, 9.17) is 0 Å². The van der Waals surface area contributed by atoms with E-state index in [2.05, 4.69) is 172 Å². The average Bonchev–Trinajstić information content (AvgIpc) is 3.66. The molecule has 0 spiro atoms. The van der Waals surface area contributed by atoms with Crippen LogP contribution in [0.1, 0.15) is 25.0 Å². The molecule has 0 nitrogen and oxygen atoms in total. The second-order valence-corrected chi connectivity index (χ2v) is 15.5. The fraction of sp³-hybridized carbons (Fsp3) is 0.0612. The molecule has 1 aliphatic rings. The maximum atomic E-state index is 2.47. The molecule has 0 saturated heterocycles. The van der Waals surface area contributed by atoms with Crippen LogP contribution in [-0.4, -0.2) is 0 Å². The van der Waals surface area contributed by atoms with Crippen LogP contribution >= 0.6 is 11.3 Å². The molecule has 0 aliphatic heterocycles. The van der Waals surface area contributed by atoms with E-state index in [1.165, 1.54) is 108 Å². The van der Waals surface area contributed by atoms with E-state index in [1.807, 2.05) is 11.3 Å². The van der Waals surface area contributed by atoms with Gasteiger partial charge in [-0.2, -0.15) is 0 Å². The zero-order valence-electron chi connectivity index (χ0n) is 27.9. The van der Waals surface area contributed by atoms with Gasteiger partial charge in [0.25, 0.3) is 0 Å². The summed E-state index contributed by atoms with van der Waals surface area (Å²) in [6.45, 7) is 4.85. The highest BCUT2D eigenvalue weighted by Crippen LogP contribution is 2.57. The molecule has 1 aromatic heterocycles. The molecule has 50 heavy (non-hydrogen) atoms. The van der Waals surface area contributed by atoms with Gasteiger partial charge in [0.2, 0.25) is 0 Å². The number of hydrogen-bond donors (Lipinski definition) is 0. The normalized spacial score (nSPS) is 13.6. The summed E-state index contributed by atoms with van der Waals surface area (Å²) < 4.78 is 2.77. The largest absolute Gasteiger partial charge is 0.134 e. The molecule has 0 atom stereocenters. The van der Waals surface area contributed by atoms with Crippen molar-refractivity contribution >= 4 is 74.6 Å². The molecule has 1 aliphatic carbocycles. The van der Waals surface area contributed by atoms with Gasteiger partial charge in [-0.15, -0.1) is 11.3 Å². The highest BCUT2D eigenvalue weighted by atomic mass is 32.1. The Kier molecular flexibility index (Phi) is 5.70. The Morgan fingerprint density at radius 1 is 0.420 bits per heavy atom. The summed E-state index contributed by atoms with van der Waals surface area (Å²) in [4.78, 5) is 0. The zero-order chi connectivity index (χ0) is 33.1. The molecule has 9 aromatic carbocycles. The summed E-state index contributed by atoms with van der Waals surface area (Å²) in [7, 11) is 0. The van der Waals surface area contributed by atoms with Crippen molar-refractivity contribution in [3.8, 4) is 33.4 Å². The maximum Gasteiger partial charge on any atom is 0.0443 e. The van der Waals surface area contributed by atoms with E-state index in [-0.39, 0.29) is 5.41 Å². The van der Waals surface area contributed by atoms with Crippen LogP contribution in [0.2, 0.25) is 0 Å². The van der Waals surface area contributed by atoms with E-state index >= 15 is 0 Å². The molecule has 0 N–H and O–H groups in total. The molecule has 0 saturated carbocycles. The number of rotatable bonds is 2. The average molecular weight is 653 g/mol. The van der Waals surface area contributed by atoms with Crippen LogP contribution in [0.25, 0.3) is 96.6 Å². The Hall–Kier alpha value is -5.76. The lowest BCUT2D eigenvalue weighted by Gasteiger charge is -2.24. The van der Waals surface area contributed by atoms with Gasteiger partial charge in [0.05, 0.1) is 0 Å². The van der Waals surface area contributed by atoms with Gasteiger partial charge >= 0.3 is 0 Å². The highest BCUT2D eigenvalue weighted by molar-refractivity contribution is 7.26. The van der Waals surface area contributed by atoms with Crippen molar-refractivity contribution in [1.82, 2.24) is 0 Å². The van der Waals surface area contributed by atoms with Gasteiger partial charge in [0.15, 0.2) is 0 Å². The van der Waals surface area contributed by atoms with Crippen LogP contribution in [0.5, 0.6) is 0 Å². The molecular formula is C49H32S. The van der Waals surface area contributed by atoms with Crippen LogP contribution in [0.15, 0.2) is 158 Å². The van der Waals surface area contributed by atoms with Crippen molar-refractivity contribution in [1.29, 1.82) is 0 Å². The van der Waals surface area contributed by atoms with E-state index in [0.717, 1.165) is 0 Å². The van der Waals surface area contributed by atoms with Gasteiger partial charge in [0, 0.05) is 31.2 Å². The van der Waals surface area contributed by atoms with Crippen molar-refractivity contribution in [2.45, 2.75) is 19.3 Å². The van der Waals surface area contributed by atoms with Crippen LogP contribution in [0, 0.1) is 0 Å². The quantitative estimate of drug-likeness (QED) is 0.163. The van der Waals surface area contributed by atoms with Gasteiger partial charge in [0.1, 0.15) is 0 Å². The van der Waals surface area contributed by atoms with Crippen molar-refractivity contribution in [3.05, 3.63) is 169 Å². The molecule has 10 aromatic rings. The Morgan fingerprint density at radius 2 is 0.980 bits per heavy atom. The summed E-state index contributed by atoms with van der Waals surface area (Å²) in [5.41, 5.74) is 10.7. The van der Waals surface area contributed by atoms with Crippen molar-refractivity contribution in [2.75, 3.05) is 0 Å². The van der Waals surface area contributed by atoms with Crippen molar-refractivity contribution < 1.29 is 0 Å². The van der Waals surface area contributed by atoms with Crippen molar-refractivity contribution in [3.63, 3.8) is 0 Å². The number of hydrogen-bond acceptors (Lipinski definition) is 1. The molecule has 1 heteroatoms. The van der Waals surface area contributed by atoms with Gasteiger partial charge < -0.3 is 0 Å². The third-order valence-electron chi connectivity index (χ3n) is 11.4. The second kappa shape index (κ2) is 10.1. The van der Waals surface area contributed by atoms with Gasteiger partial charge in [-0.3, -0.25) is 0 Å². The minimum Gasteiger partial charge on any atom is -0.134 e. The fourth-order valence-electron chi connectivity index (χ4n) is 9.06. The summed E-state index contributed by atoms with van der Waals surface area (Å²) in [6.07, 6.45) is 0. The monoisotopic (exact) mass is 652 g/mol. The topological polar surface area (TPSA) is 0 Å². The third-order valence-corrected chi connectivity index (χ3v) is 12.5. The minimum absolute atomic E-state index is 0.127. The third kappa shape index (κ3) is 3.81. The fourth-order valence-corrected chi connectivity index (χ4v) is 10.3. The lowest BCUT2D eigenvalue weighted by molar-refractivity contribution is 0.667.